The maximum Gasteiger partial charge on any atom is 0.472 e. The minimum atomic E-state index is -4.95. The van der Waals surface area contributed by atoms with E-state index < -0.39 is 97.5 Å². The molecule has 0 spiro atoms. The summed E-state index contributed by atoms with van der Waals surface area (Å²) in [6.45, 7) is 11.8. The first-order valence-corrected chi connectivity index (χ1v) is 40.9. The molecule has 3 unspecified atom stereocenters. The molecule has 0 bridgehead atoms. The first-order chi connectivity index (χ1) is 44.3. The highest BCUT2D eigenvalue weighted by Gasteiger charge is 2.30. The fraction of sp³-hybridized carbons (Fsp3) is 0.945. The van der Waals surface area contributed by atoms with Crippen molar-refractivity contribution in [1.29, 1.82) is 0 Å². The van der Waals surface area contributed by atoms with Gasteiger partial charge in [0, 0.05) is 25.7 Å². The van der Waals surface area contributed by atoms with Crippen molar-refractivity contribution >= 4 is 39.5 Å². The van der Waals surface area contributed by atoms with E-state index in [1.807, 2.05) is 0 Å². The molecule has 0 amide bonds. The van der Waals surface area contributed by atoms with Crippen LogP contribution in [-0.4, -0.2) is 96.7 Å². The lowest BCUT2D eigenvalue weighted by Gasteiger charge is -2.21. The number of esters is 4. The molecule has 0 heterocycles. The fourth-order valence-electron chi connectivity index (χ4n) is 11.0. The first-order valence-electron chi connectivity index (χ1n) is 37.9. The minimum Gasteiger partial charge on any atom is -0.462 e. The second-order valence-corrected chi connectivity index (χ2v) is 30.4. The summed E-state index contributed by atoms with van der Waals surface area (Å²) >= 11 is 0. The summed E-state index contributed by atoms with van der Waals surface area (Å²) in [5.41, 5.74) is 0. The Morgan fingerprint density at radius 3 is 0.826 bits per heavy atom. The van der Waals surface area contributed by atoms with Gasteiger partial charge in [-0.1, -0.05) is 318 Å². The van der Waals surface area contributed by atoms with Crippen molar-refractivity contribution in [2.45, 2.75) is 388 Å². The van der Waals surface area contributed by atoms with E-state index in [-0.39, 0.29) is 25.7 Å². The lowest BCUT2D eigenvalue weighted by atomic mass is 9.99. The molecule has 0 aliphatic carbocycles. The molecule has 546 valence electrons. The molecule has 0 aromatic heterocycles. The van der Waals surface area contributed by atoms with Crippen LogP contribution in [0.15, 0.2) is 0 Å². The molecule has 17 nitrogen and oxygen atoms in total. The standard InChI is InChI=1S/C73H142O17P2/c1-8-10-11-12-13-33-40-47-54-70(75)83-60-68(90-73(78)57-50-43-36-28-26-31-38-45-52-65(5)6)62-87-91(79,80)85-58-67(74)59-86-92(81,82)88-63-69(61-84-71(76)55-48-41-34-29-27-32-39-46-53-66(7)9-2)89-72(77)56-49-42-35-25-23-21-19-17-15-14-16-18-20-22-24-30-37-44-51-64(3)4/h64-69,74H,8-63H2,1-7H3,(H,79,80)(H,81,82)/t66?,67-,68+,69+/m0/s1. The Morgan fingerprint density at radius 2 is 0.554 bits per heavy atom. The van der Waals surface area contributed by atoms with Crippen molar-refractivity contribution in [3.8, 4) is 0 Å². The number of phosphoric acid groups is 2. The van der Waals surface area contributed by atoms with Crippen LogP contribution in [-0.2, 0) is 65.4 Å². The topological polar surface area (TPSA) is 237 Å². The Morgan fingerprint density at radius 1 is 0.315 bits per heavy atom. The van der Waals surface area contributed by atoms with Crippen molar-refractivity contribution in [2.24, 2.45) is 17.8 Å². The monoisotopic (exact) mass is 1350 g/mol. The number of carbonyl (C=O) groups is 4. The number of rotatable bonds is 71. The Kier molecular flexibility index (Phi) is 62.4. The Bertz CT molecular complexity index is 1800. The third-order valence-electron chi connectivity index (χ3n) is 17.2. The highest BCUT2D eigenvalue weighted by molar-refractivity contribution is 7.47. The zero-order valence-electron chi connectivity index (χ0n) is 60.0. The summed E-state index contributed by atoms with van der Waals surface area (Å²) in [5.74, 6) is 0.189. The molecule has 0 fully saturated rings. The summed E-state index contributed by atoms with van der Waals surface area (Å²) in [6, 6.07) is 0. The lowest BCUT2D eigenvalue weighted by Crippen LogP contribution is -2.30. The molecule has 0 saturated heterocycles. The van der Waals surface area contributed by atoms with E-state index in [0.29, 0.717) is 25.7 Å². The summed E-state index contributed by atoms with van der Waals surface area (Å²) in [6.07, 6.45) is 48.8. The number of carbonyl (C=O) groups excluding carboxylic acids is 4. The number of hydrogen-bond acceptors (Lipinski definition) is 15. The quantitative estimate of drug-likeness (QED) is 0.0222. The molecular weight excluding hydrogens is 1210 g/mol. The Balaban J connectivity index is 5.17. The summed E-state index contributed by atoms with van der Waals surface area (Å²) in [4.78, 5) is 72.5. The molecule has 0 rings (SSSR count). The van der Waals surface area contributed by atoms with Crippen molar-refractivity contribution in [3.05, 3.63) is 0 Å². The highest BCUT2D eigenvalue weighted by Crippen LogP contribution is 2.45. The van der Waals surface area contributed by atoms with Gasteiger partial charge >= 0.3 is 39.5 Å². The normalized spacial score (nSPS) is 14.4. The van der Waals surface area contributed by atoms with Crippen LogP contribution in [0.4, 0.5) is 0 Å². The zero-order chi connectivity index (χ0) is 68.0. The van der Waals surface area contributed by atoms with Crippen molar-refractivity contribution in [2.75, 3.05) is 39.6 Å². The third-order valence-corrected chi connectivity index (χ3v) is 19.1. The van der Waals surface area contributed by atoms with E-state index in [2.05, 4.69) is 48.5 Å². The number of unbranched alkanes of at least 4 members (excludes halogenated alkanes) is 38. The predicted molar refractivity (Wildman–Crippen MR) is 372 cm³/mol. The second kappa shape index (κ2) is 63.8. The van der Waals surface area contributed by atoms with Crippen LogP contribution in [0.1, 0.15) is 370 Å². The molecular formula is C73H142O17P2. The number of ether oxygens (including phenoxy) is 4. The second-order valence-electron chi connectivity index (χ2n) is 27.5. The van der Waals surface area contributed by atoms with Gasteiger partial charge < -0.3 is 33.8 Å². The Hall–Kier alpha value is -1.94. The van der Waals surface area contributed by atoms with E-state index in [9.17, 15) is 43.2 Å². The maximum absolute atomic E-state index is 13.0. The van der Waals surface area contributed by atoms with Crippen molar-refractivity contribution < 1.29 is 80.2 Å². The molecule has 6 atom stereocenters. The van der Waals surface area contributed by atoms with Crippen LogP contribution in [0.2, 0.25) is 0 Å². The smallest absolute Gasteiger partial charge is 0.462 e. The van der Waals surface area contributed by atoms with E-state index in [1.54, 1.807) is 0 Å². The van der Waals surface area contributed by atoms with Gasteiger partial charge in [-0.2, -0.15) is 0 Å². The first kappa shape index (κ1) is 90.1. The lowest BCUT2D eigenvalue weighted by molar-refractivity contribution is -0.161. The van der Waals surface area contributed by atoms with E-state index >= 15 is 0 Å². The van der Waals surface area contributed by atoms with Gasteiger partial charge in [0.1, 0.15) is 19.3 Å². The van der Waals surface area contributed by atoms with Gasteiger partial charge in [0.25, 0.3) is 0 Å². The van der Waals surface area contributed by atoms with E-state index in [0.717, 1.165) is 114 Å². The summed E-state index contributed by atoms with van der Waals surface area (Å²) in [5, 5.41) is 10.6. The van der Waals surface area contributed by atoms with Crippen LogP contribution >= 0.6 is 15.6 Å². The van der Waals surface area contributed by atoms with Gasteiger partial charge in [-0.15, -0.1) is 0 Å². The summed E-state index contributed by atoms with van der Waals surface area (Å²) < 4.78 is 68.3. The van der Waals surface area contributed by atoms with Gasteiger partial charge in [0.15, 0.2) is 12.2 Å². The van der Waals surface area contributed by atoms with Gasteiger partial charge in [0.05, 0.1) is 26.4 Å². The molecule has 19 heteroatoms. The average molecular weight is 1350 g/mol. The molecule has 0 aliphatic heterocycles. The average Bonchev–Trinajstić information content (AvgIpc) is 3.16. The van der Waals surface area contributed by atoms with E-state index in [4.69, 9.17) is 37.0 Å². The molecule has 0 aromatic carbocycles. The van der Waals surface area contributed by atoms with Gasteiger partial charge in [-0.3, -0.25) is 37.3 Å². The molecule has 3 N–H and O–H groups in total. The Labute approximate surface area is 562 Å². The van der Waals surface area contributed by atoms with Gasteiger partial charge in [-0.25, -0.2) is 9.13 Å². The SMILES string of the molecule is CCCCCCCCCCC(=O)OC[C@H](COP(=O)(O)OC[C@H](O)COP(=O)(O)OC[C@@H](COC(=O)CCCCCCCCCCC(C)CC)OC(=O)CCCCCCCCCCCCCCCCCCCCC(C)C)OC(=O)CCCCCCCCCCC(C)C. The third kappa shape index (κ3) is 65.4. The van der Waals surface area contributed by atoms with E-state index in [1.165, 1.54) is 173 Å². The van der Waals surface area contributed by atoms with Crippen LogP contribution in [0.3, 0.4) is 0 Å². The van der Waals surface area contributed by atoms with Crippen LogP contribution in [0.25, 0.3) is 0 Å². The van der Waals surface area contributed by atoms with Gasteiger partial charge in [-0.05, 0) is 43.4 Å². The number of phosphoric ester groups is 2. The molecule has 0 aromatic rings. The molecule has 0 aliphatic rings. The van der Waals surface area contributed by atoms with Crippen LogP contribution < -0.4 is 0 Å². The number of aliphatic hydroxyl groups is 1. The minimum absolute atomic E-state index is 0.104. The molecule has 0 radical (unpaired) electrons. The van der Waals surface area contributed by atoms with Crippen molar-refractivity contribution in [3.63, 3.8) is 0 Å². The maximum atomic E-state index is 13.0. The summed E-state index contributed by atoms with van der Waals surface area (Å²) in [7, 11) is -9.90. The predicted octanol–water partition coefficient (Wildman–Crippen LogP) is 21.0. The van der Waals surface area contributed by atoms with Gasteiger partial charge in [0.2, 0.25) is 0 Å². The van der Waals surface area contributed by atoms with Crippen molar-refractivity contribution in [1.82, 2.24) is 0 Å². The number of hydrogen-bond donors (Lipinski definition) is 3. The zero-order valence-corrected chi connectivity index (χ0v) is 61.8. The van der Waals surface area contributed by atoms with Crippen LogP contribution in [0.5, 0.6) is 0 Å². The molecule has 0 saturated carbocycles. The number of aliphatic hydroxyl groups excluding tert-OH is 1. The molecule has 92 heavy (non-hydrogen) atoms. The van der Waals surface area contributed by atoms with Crippen LogP contribution in [0, 0.1) is 17.8 Å². The highest BCUT2D eigenvalue weighted by atomic mass is 31.2. The largest absolute Gasteiger partial charge is 0.472 e. The fourth-order valence-corrected chi connectivity index (χ4v) is 12.6.